The number of rotatable bonds is 4. The zero-order chi connectivity index (χ0) is 18.4. The van der Waals surface area contributed by atoms with Crippen LogP contribution in [0.4, 0.5) is 0 Å². The van der Waals surface area contributed by atoms with Crippen molar-refractivity contribution in [1.82, 2.24) is 24.6 Å². The van der Waals surface area contributed by atoms with E-state index in [-0.39, 0.29) is 11.8 Å². The molecule has 1 saturated heterocycles. The van der Waals surface area contributed by atoms with Crippen molar-refractivity contribution in [3.8, 4) is 16.5 Å². The Hall–Kier alpha value is -2.78. The van der Waals surface area contributed by atoms with Crippen LogP contribution in [0, 0.1) is 6.92 Å². The second-order valence-electron chi connectivity index (χ2n) is 6.38. The monoisotopic (exact) mass is 397 g/mol. The molecular weight excluding hydrogens is 382 g/mol. The van der Waals surface area contributed by atoms with E-state index < -0.39 is 0 Å². The number of aromatic nitrogens is 4. The lowest BCUT2D eigenvalue weighted by molar-refractivity contribution is 0.0573. The van der Waals surface area contributed by atoms with Gasteiger partial charge in [0.25, 0.3) is 5.91 Å². The standard InChI is InChI=1S/C18H15N5O2S2/c1-11-14(27-18(19-11)22-5-2-3-6-22)17(24)23-8-13(9-23)16-20-15(21-25-16)12-4-7-26-10-12/h2-7,10,13H,8-9H2,1H3. The van der Waals surface area contributed by atoms with Crippen molar-refractivity contribution in [2.24, 2.45) is 0 Å². The fraction of sp³-hybridized carbons (Fsp3) is 0.222. The summed E-state index contributed by atoms with van der Waals surface area (Å²) in [5.74, 6) is 1.29. The van der Waals surface area contributed by atoms with Crippen LogP contribution in [0.1, 0.15) is 27.2 Å². The first-order valence-electron chi connectivity index (χ1n) is 8.45. The lowest BCUT2D eigenvalue weighted by Gasteiger charge is -2.36. The number of carbonyl (C=O) groups excluding carboxylic acids is 1. The van der Waals surface area contributed by atoms with Gasteiger partial charge < -0.3 is 14.0 Å². The van der Waals surface area contributed by atoms with Crippen LogP contribution in [0.15, 0.2) is 45.9 Å². The van der Waals surface area contributed by atoms with E-state index in [0.29, 0.717) is 29.7 Å². The van der Waals surface area contributed by atoms with Crippen LogP contribution in [-0.4, -0.2) is 43.6 Å². The van der Waals surface area contributed by atoms with Gasteiger partial charge in [0.2, 0.25) is 11.7 Å². The van der Waals surface area contributed by atoms with E-state index >= 15 is 0 Å². The summed E-state index contributed by atoms with van der Waals surface area (Å²) in [6, 6.07) is 5.84. The van der Waals surface area contributed by atoms with Crippen molar-refractivity contribution in [2.45, 2.75) is 12.8 Å². The van der Waals surface area contributed by atoms with E-state index in [0.717, 1.165) is 16.4 Å². The van der Waals surface area contributed by atoms with Crippen molar-refractivity contribution < 1.29 is 9.32 Å². The number of carbonyl (C=O) groups is 1. The number of aryl methyl sites for hydroxylation is 1. The van der Waals surface area contributed by atoms with E-state index in [9.17, 15) is 4.79 Å². The van der Waals surface area contributed by atoms with Gasteiger partial charge in [-0.1, -0.05) is 16.5 Å². The minimum absolute atomic E-state index is 0.0113. The van der Waals surface area contributed by atoms with Crippen LogP contribution in [0.25, 0.3) is 16.5 Å². The molecule has 0 spiro atoms. The highest BCUT2D eigenvalue weighted by Gasteiger charge is 2.37. The summed E-state index contributed by atoms with van der Waals surface area (Å²) in [5, 5.41) is 8.81. The van der Waals surface area contributed by atoms with Crippen molar-refractivity contribution >= 4 is 28.6 Å². The number of amides is 1. The Kier molecular flexibility index (Phi) is 3.91. The van der Waals surface area contributed by atoms with Crippen molar-refractivity contribution in [3.63, 3.8) is 0 Å². The third-order valence-corrected chi connectivity index (χ3v) is 6.39. The van der Waals surface area contributed by atoms with Gasteiger partial charge >= 0.3 is 0 Å². The number of hydrogen-bond acceptors (Lipinski definition) is 7. The van der Waals surface area contributed by atoms with Gasteiger partial charge in [0.05, 0.1) is 11.6 Å². The van der Waals surface area contributed by atoms with Gasteiger partial charge in [-0.15, -0.1) is 0 Å². The van der Waals surface area contributed by atoms with Gasteiger partial charge in [-0.2, -0.15) is 16.3 Å². The Morgan fingerprint density at radius 1 is 1.26 bits per heavy atom. The number of thiophene rings is 1. The van der Waals surface area contributed by atoms with Crippen molar-refractivity contribution in [1.29, 1.82) is 0 Å². The molecule has 5 heterocycles. The molecule has 0 atom stereocenters. The highest BCUT2D eigenvalue weighted by Crippen LogP contribution is 2.31. The van der Waals surface area contributed by atoms with Gasteiger partial charge in [0, 0.05) is 36.4 Å². The predicted molar refractivity (Wildman–Crippen MR) is 102 cm³/mol. The Bertz CT molecular complexity index is 1080. The SMILES string of the molecule is Cc1nc(-n2cccc2)sc1C(=O)N1CC(c2nc(-c3ccsc3)no2)C1. The summed E-state index contributed by atoms with van der Waals surface area (Å²) in [4.78, 5) is 24.3. The highest BCUT2D eigenvalue weighted by molar-refractivity contribution is 7.16. The molecule has 0 aliphatic carbocycles. The van der Waals surface area contributed by atoms with E-state index in [1.54, 1.807) is 16.2 Å². The third kappa shape index (κ3) is 2.88. The molecule has 1 aliphatic rings. The molecule has 0 saturated carbocycles. The number of likely N-dealkylation sites (tertiary alicyclic amines) is 1. The zero-order valence-corrected chi connectivity index (χ0v) is 16.0. The number of nitrogens with zero attached hydrogens (tertiary/aromatic N) is 5. The molecule has 0 N–H and O–H groups in total. The van der Waals surface area contributed by atoms with Crippen LogP contribution in [0.3, 0.4) is 0 Å². The molecule has 9 heteroatoms. The molecule has 0 radical (unpaired) electrons. The van der Waals surface area contributed by atoms with Crippen LogP contribution in [-0.2, 0) is 0 Å². The maximum Gasteiger partial charge on any atom is 0.265 e. The fourth-order valence-electron chi connectivity index (χ4n) is 3.01. The fourth-order valence-corrected chi connectivity index (χ4v) is 4.64. The van der Waals surface area contributed by atoms with E-state index in [2.05, 4.69) is 15.1 Å². The Morgan fingerprint density at radius 2 is 2.07 bits per heavy atom. The summed E-state index contributed by atoms with van der Waals surface area (Å²) in [5.41, 5.74) is 1.72. The molecule has 1 aliphatic heterocycles. The number of thiazole rings is 1. The molecule has 0 bridgehead atoms. The lowest BCUT2D eigenvalue weighted by Crippen LogP contribution is -2.48. The summed E-state index contributed by atoms with van der Waals surface area (Å²) in [6.07, 6.45) is 3.85. The molecule has 1 fully saturated rings. The zero-order valence-electron chi connectivity index (χ0n) is 14.4. The highest BCUT2D eigenvalue weighted by atomic mass is 32.1. The van der Waals surface area contributed by atoms with Gasteiger partial charge in [-0.3, -0.25) is 4.79 Å². The summed E-state index contributed by atoms with van der Waals surface area (Å²) >= 11 is 3.01. The van der Waals surface area contributed by atoms with Crippen LogP contribution in [0.2, 0.25) is 0 Å². The molecule has 4 aromatic rings. The molecular formula is C18H15N5O2S2. The lowest BCUT2D eigenvalue weighted by atomic mass is 10.00. The Morgan fingerprint density at radius 3 is 2.81 bits per heavy atom. The minimum Gasteiger partial charge on any atom is -0.339 e. The second kappa shape index (κ2) is 6.43. The van der Waals surface area contributed by atoms with Gasteiger partial charge in [0.1, 0.15) is 4.88 Å². The average molecular weight is 397 g/mol. The van der Waals surface area contributed by atoms with E-state index in [1.807, 2.05) is 52.8 Å². The first kappa shape index (κ1) is 16.4. The maximum absolute atomic E-state index is 12.8. The number of hydrogen-bond donors (Lipinski definition) is 0. The molecule has 136 valence electrons. The molecule has 0 unspecified atom stereocenters. The third-order valence-electron chi connectivity index (χ3n) is 4.54. The quantitative estimate of drug-likeness (QED) is 0.526. The average Bonchev–Trinajstić information content (AvgIpc) is 3.39. The molecule has 5 rings (SSSR count). The topological polar surface area (TPSA) is 77.1 Å². The first-order valence-corrected chi connectivity index (χ1v) is 10.2. The minimum atomic E-state index is 0.0113. The smallest absolute Gasteiger partial charge is 0.265 e. The summed E-state index contributed by atoms with van der Waals surface area (Å²) in [7, 11) is 0. The maximum atomic E-state index is 12.8. The largest absolute Gasteiger partial charge is 0.339 e. The molecule has 4 aromatic heterocycles. The first-order chi connectivity index (χ1) is 13.2. The Labute approximate surface area is 162 Å². The molecule has 7 nitrogen and oxygen atoms in total. The van der Waals surface area contributed by atoms with Crippen LogP contribution in [0.5, 0.6) is 0 Å². The Balaban J connectivity index is 1.28. The van der Waals surface area contributed by atoms with Crippen molar-refractivity contribution in [2.75, 3.05) is 13.1 Å². The van der Waals surface area contributed by atoms with Gasteiger partial charge in [-0.25, -0.2) is 4.98 Å². The van der Waals surface area contributed by atoms with Crippen LogP contribution >= 0.6 is 22.7 Å². The van der Waals surface area contributed by atoms with Crippen LogP contribution < -0.4 is 0 Å². The van der Waals surface area contributed by atoms with Crippen molar-refractivity contribution in [3.05, 3.63) is 57.8 Å². The van der Waals surface area contributed by atoms with E-state index in [1.165, 1.54) is 11.3 Å². The van der Waals surface area contributed by atoms with Gasteiger partial charge in [0.15, 0.2) is 5.13 Å². The summed E-state index contributed by atoms with van der Waals surface area (Å²) < 4.78 is 7.31. The van der Waals surface area contributed by atoms with E-state index in [4.69, 9.17) is 4.52 Å². The molecule has 27 heavy (non-hydrogen) atoms. The molecule has 0 aromatic carbocycles. The molecule has 1 amide bonds. The summed E-state index contributed by atoms with van der Waals surface area (Å²) in [6.45, 7) is 3.04. The predicted octanol–water partition coefficient (Wildman–Crippen LogP) is 3.59. The van der Waals surface area contributed by atoms with Gasteiger partial charge in [-0.05, 0) is 30.5 Å². The second-order valence-corrected chi connectivity index (χ2v) is 8.13. The normalized spacial score (nSPS) is 14.5.